The molecule has 1 aromatic rings. The van der Waals surface area contributed by atoms with Crippen molar-refractivity contribution in [1.29, 1.82) is 0 Å². The Bertz CT molecular complexity index is 571. The van der Waals surface area contributed by atoms with Gasteiger partial charge in [0, 0.05) is 31.3 Å². The van der Waals surface area contributed by atoms with E-state index < -0.39 is 0 Å². The van der Waals surface area contributed by atoms with Gasteiger partial charge < -0.3 is 15.4 Å². The zero-order valence-electron chi connectivity index (χ0n) is 16.8. The van der Waals surface area contributed by atoms with E-state index in [1.54, 1.807) is 0 Å². The number of aliphatic imine (C=N–C) groups is 1. The highest BCUT2D eigenvalue weighted by Gasteiger charge is 2.35. The lowest BCUT2D eigenvalue weighted by atomic mass is 9.78. The number of hydrogen-bond donors (Lipinski definition) is 2. The van der Waals surface area contributed by atoms with E-state index in [9.17, 15) is 0 Å². The van der Waals surface area contributed by atoms with Gasteiger partial charge in [0.05, 0.1) is 18.3 Å². The molecular formula is C20H35IN4O. The quantitative estimate of drug-likeness (QED) is 0.386. The molecule has 6 heteroatoms. The molecule has 0 aromatic carbocycles. The van der Waals surface area contributed by atoms with Gasteiger partial charge in [-0.15, -0.1) is 24.0 Å². The predicted octanol–water partition coefficient (Wildman–Crippen LogP) is 3.90. The molecule has 2 unspecified atom stereocenters. The third-order valence-electron chi connectivity index (χ3n) is 4.52. The second kappa shape index (κ2) is 11.1. The molecule has 1 aliphatic rings. The highest BCUT2D eigenvalue weighted by atomic mass is 127. The Kier molecular flexibility index (Phi) is 9.85. The minimum Gasteiger partial charge on any atom is -0.377 e. The van der Waals surface area contributed by atoms with Crippen molar-refractivity contribution >= 4 is 29.9 Å². The number of aryl methyl sites for hydroxylation is 1. The molecule has 1 fully saturated rings. The van der Waals surface area contributed by atoms with Crippen molar-refractivity contribution in [1.82, 2.24) is 15.6 Å². The zero-order valence-corrected chi connectivity index (χ0v) is 19.2. The van der Waals surface area contributed by atoms with Crippen LogP contribution in [0, 0.1) is 18.3 Å². The number of aromatic nitrogens is 1. The van der Waals surface area contributed by atoms with Crippen molar-refractivity contribution < 1.29 is 4.74 Å². The lowest BCUT2D eigenvalue weighted by Crippen LogP contribution is -2.47. The summed E-state index contributed by atoms with van der Waals surface area (Å²) in [6.07, 6.45) is 2.63. The third-order valence-corrected chi connectivity index (χ3v) is 4.52. The molecule has 2 heterocycles. The molecular weight excluding hydrogens is 439 g/mol. The van der Waals surface area contributed by atoms with Gasteiger partial charge >= 0.3 is 0 Å². The van der Waals surface area contributed by atoms with Crippen LogP contribution in [0.4, 0.5) is 0 Å². The van der Waals surface area contributed by atoms with E-state index in [4.69, 9.17) is 4.74 Å². The first-order chi connectivity index (χ1) is 11.9. The van der Waals surface area contributed by atoms with Crippen molar-refractivity contribution in [3.05, 3.63) is 29.6 Å². The van der Waals surface area contributed by atoms with Crippen molar-refractivity contribution in [2.24, 2.45) is 16.3 Å². The average Bonchev–Trinajstić information content (AvgIpc) is 2.57. The van der Waals surface area contributed by atoms with Crippen LogP contribution < -0.4 is 10.6 Å². The van der Waals surface area contributed by atoms with Crippen molar-refractivity contribution in [3.8, 4) is 0 Å². The molecule has 5 nitrogen and oxygen atoms in total. The number of nitrogens with zero attached hydrogens (tertiary/aromatic N) is 2. The molecule has 0 radical (unpaired) electrons. The van der Waals surface area contributed by atoms with Crippen LogP contribution in [0.1, 0.15) is 51.9 Å². The number of pyridine rings is 1. The zero-order chi connectivity index (χ0) is 18.3. The maximum atomic E-state index is 6.08. The van der Waals surface area contributed by atoms with Gasteiger partial charge in [0.2, 0.25) is 0 Å². The molecule has 0 bridgehead atoms. The second-order valence-corrected chi connectivity index (χ2v) is 7.91. The fourth-order valence-corrected chi connectivity index (χ4v) is 3.43. The molecule has 1 aromatic heterocycles. The van der Waals surface area contributed by atoms with Gasteiger partial charge in [-0.3, -0.25) is 4.98 Å². The number of guanidine groups is 1. The first-order valence-electron chi connectivity index (χ1n) is 9.46. The third kappa shape index (κ3) is 7.39. The summed E-state index contributed by atoms with van der Waals surface area (Å²) in [4.78, 5) is 9.20. The number of ether oxygens (including phenoxy) is 1. The highest BCUT2D eigenvalue weighted by molar-refractivity contribution is 14.0. The van der Waals surface area contributed by atoms with Gasteiger partial charge in [-0.2, -0.15) is 0 Å². The maximum Gasteiger partial charge on any atom is 0.191 e. The number of halogens is 1. The summed E-state index contributed by atoms with van der Waals surface area (Å²) in [5, 5.41) is 6.84. The topological polar surface area (TPSA) is 58.5 Å². The van der Waals surface area contributed by atoms with E-state index in [0.717, 1.165) is 43.5 Å². The summed E-state index contributed by atoms with van der Waals surface area (Å²) in [5.41, 5.74) is 2.18. The summed E-state index contributed by atoms with van der Waals surface area (Å²) >= 11 is 0. The van der Waals surface area contributed by atoms with E-state index in [1.165, 1.54) is 6.42 Å². The Morgan fingerprint density at radius 1 is 1.31 bits per heavy atom. The van der Waals surface area contributed by atoms with Crippen molar-refractivity contribution in [2.45, 2.75) is 60.1 Å². The molecule has 0 aliphatic carbocycles. The monoisotopic (exact) mass is 474 g/mol. The van der Waals surface area contributed by atoms with E-state index >= 15 is 0 Å². The Morgan fingerprint density at radius 2 is 2.08 bits per heavy atom. The number of nitrogens with one attached hydrogen (secondary N) is 2. The van der Waals surface area contributed by atoms with Crippen molar-refractivity contribution in [3.63, 3.8) is 0 Å². The molecule has 1 aliphatic heterocycles. The van der Waals surface area contributed by atoms with Gasteiger partial charge in [0.1, 0.15) is 0 Å². The van der Waals surface area contributed by atoms with Gasteiger partial charge in [-0.1, -0.05) is 26.8 Å². The largest absolute Gasteiger partial charge is 0.377 e. The van der Waals surface area contributed by atoms with Gasteiger partial charge in [0.15, 0.2) is 5.96 Å². The van der Waals surface area contributed by atoms with Gasteiger partial charge in [-0.25, -0.2) is 4.99 Å². The normalized spacial score (nSPS) is 21.0. The van der Waals surface area contributed by atoms with Crippen LogP contribution in [-0.4, -0.2) is 36.7 Å². The lowest BCUT2D eigenvalue weighted by Gasteiger charge is -2.40. The van der Waals surface area contributed by atoms with Crippen LogP contribution in [0.25, 0.3) is 0 Å². The van der Waals surface area contributed by atoms with E-state index in [0.29, 0.717) is 12.5 Å². The summed E-state index contributed by atoms with van der Waals surface area (Å²) in [6.45, 7) is 14.1. The standard InChI is InChI=1S/C20H34N4O.HI/c1-6-21-19(23-14-17-11-7-9-15(2)24-17)22-13-16-10-8-12-25-18(16)20(3,4)5;/h7,9,11,16,18H,6,8,10,12-14H2,1-5H3,(H2,21,22,23);1H. The van der Waals surface area contributed by atoms with Crippen LogP contribution in [0.3, 0.4) is 0 Å². The molecule has 2 atom stereocenters. The average molecular weight is 474 g/mol. The molecule has 26 heavy (non-hydrogen) atoms. The second-order valence-electron chi connectivity index (χ2n) is 7.91. The molecule has 2 rings (SSSR count). The lowest BCUT2D eigenvalue weighted by molar-refractivity contribution is -0.0835. The van der Waals surface area contributed by atoms with E-state index in [-0.39, 0.29) is 35.5 Å². The maximum absolute atomic E-state index is 6.08. The molecule has 148 valence electrons. The van der Waals surface area contributed by atoms with Crippen LogP contribution in [0.15, 0.2) is 23.2 Å². The number of rotatable bonds is 5. The molecule has 0 spiro atoms. The van der Waals surface area contributed by atoms with E-state index in [2.05, 4.69) is 48.3 Å². The van der Waals surface area contributed by atoms with E-state index in [1.807, 2.05) is 25.1 Å². The summed E-state index contributed by atoms with van der Waals surface area (Å²) in [6, 6.07) is 6.05. The Morgan fingerprint density at radius 3 is 2.73 bits per heavy atom. The van der Waals surface area contributed by atoms with Crippen LogP contribution in [0.5, 0.6) is 0 Å². The summed E-state index contributed by atoms with van der Waals surface area (Å²) in [7, 11) is 0. The predicted molar refractivity (Wildman–Crippen MR) is 119 cm³/mol. The minimum atomic E-state index is 0. The SMILES string of the molecule is CCNC(=NCc1cccc(C)n1)NCC1CCCOC1C(C)(C)C.I. The van der Waals surface area contributed by atoms with Crippen LogP contribution in [0.2, 0.25) is 0 Å². The molecule has 0 amide bonds. The fourth-order valence-electron chi connectivity index (χ4n) is 3.43. The smallest absolute Gasteiger partial charge is 0.191 e. The Balaban J connectivity index is 0.00000338. The number of hydrogen-bond acceptors (Lipinski definition) is 3. The molecule has 2 N–H and O–H groups in total. The van der Waals surface area contributed by atoms with Crippen LogP contribution in [-0.2, 0) is 11.3 Å². The summed E-state index contributed by atoms with van der Waals surface area (Å²) < 4.78 is 6.08. The van der Waals surface area contributed by atoms with Crippen molar-refractivity contribution in [2.75, 3.05) is 19.7 Å². The summed E-state index contributed by atoms with van der Waals surface area (Å²) in [5.74, 6) is 1.36. The fraction of sp³-hybridized carbons (Fsp3) is 0.700. The van der Waals surface area contributed by atoms with Crippen LogP contribution >= 0.6 is 24.0 Å². The van der Waals surface area contributed by atoms with Gasteiger partial charge in [-0.05, 0) is 44.2 Å². The Hall–Kier alpha value is -0.890. The molecule has 0 saturated carbocycles. The molecule has 1 saturated heterocycles. The first-order valence-corrected chi connectivity index (χ1v) is 9.46. The highest BCUT2D eigenvalue weighted by Crippen LogP contribution is 2.33. The van der Waals surface area contributed by atoms with Gasteiger partial charge in [0.25, 0.3) is 0 Å². The Labute approximate surface area is 175 Å². The minimum absolute atomic E-state index is 0. The first kappa shape index (κ1) is 23.1.